The summed E-state index contributed by atoms with van der Waals surface area (Å²) >= 11 is 11.8. The quantitative estimate of drug-likeness (QED) is 0.707. The van der Waals surface area contributed by atoms with Gasteiger partial charge >= 0.3 is 0 Å². The molecule has 0 spiro atoms. The minimum Gasteiger partial charge on any atom is -0.355 e. The van der Waals surface area contributed by atoms with Gasteiger partial charge in [0.15, 0.2) is 11.5 Å². The molecule has 5 nitrogen and oxygen atoms in total. The lowest BCUT2D eigenvalue weighted by Gasteiger charge is -2.46. The molecule has 0 atom stereocenters. The third-order valence-corrected chi connectivity index (χ3v) is 5.15. The van der Waals surface area contributed by atoms with E-state index in [0.717, 1.165) is 18.9 Å². The van der Waals surface area contributed by atoms with Gasteiger partial charge in [0, 0.05) is 28.7 Å². The van der Waals surface area contributed by atoms with E-state index in [-0.39, 0.29) is 50.1 Å². The number of hydrogen-bond donors (Lipinski definition) is 2. The number of aromatic nitrogens is 1. The molecule has 2 heterocycles. The number of carbonyl (C=O) groups excluding carboxylic acids is 1. The molecule has 0 aliphatic carbocycles. The molecule has 1 saturated heterocycles. The highest BCUT2D eigenvalue weighted by atomic mass is 35.5. The standard InChI is InChI=1S/C19H22Cl2FN3O2/c1-18(2)8-10(9-19(3,4)25-18)23-17(26)15-7-16(27-24-15)11-5-14(22)13(21)6-12(11)20/h5-7,10,25H,8-9H2,1-4H3,(H,23,26). The highest BCUT2D eigenvalue weighted by Crippen LogP contribution is 2.33. The smallest absolute Gasteiger partial charge is 0.273 e. The average molecular weight is 414 g/mol. The molecular formula is C19H22Cl2FN3O2. The first-order valence-corrected chi connectivity index (χ1v) is 9.43. The number of carbonyl (C=O) groups is 1. The third kappa shape index (κ3) is 4.62. The average Bonchev–Trinajstić information content (AvgIpc) is 2.97. The molecule has 1 amide bonds. The van der Waals surface area contributed by atoms with Gasteiger partial charge in [-0.25, -0.2) is 4.39 Å². The Labute approximate surface area is 167 Å². The fourth-order valence-corrected chi connectivity index (χ4v) is 4.38. The Morgan fingerprint density at radius 2 is 1.81 bits per heavy atom. The van der Waals surface area contributed by atoms with Crippen LogP contribution in [-0.4, -0.2) is 28.2 Å². The summed E-state index contributed by atoms with van der Waals surface area (Å²) < 4.78 is 18.9. The van der Waals surface area contributed by atoms with Gasteiger partial charge in [-0.2, -0.15) is 0 Å². The first-order valence-electron chi connectivity index (χ1n) is 8.68. The molecule has 0 bridgehead atoms. The van der Waals surface area contributed by atoms with Gasteiger partial charge in [0.2, 0.25) is 0 Å². The van der Waals surface area contributed by atoms with Gasteiger partial charge in [-0.1, -0.05) is 28.4 Å². The van der Waals surface area contributed by atoms with Gasteiger partial charge in [0.05, 0.1) is 10.0 Å². The van der Waals surface area contributed by atoms with Gasteiger partial charge in [0.1, 0.15) is 5.82 Å². The first kappa shape index (κ1) is 20.1. The lowest BCUT2D eigenvalue weighted by Crippen LogP contribution is -2.62. The van der Waals surface area contributed by atoms with Crippen LogP contribution in [0.1, 0.15) is 51.0 Å². The minimum absolute atomic E-state index is 0.000430. The van der Waals surface area contributed by atoms with Crippen LogP contribution in [0, 0.1) is 5.82 Å². The van der Waals surface area contributed by atoms with Gasteiger partial charge in [-0.05, 0) is 52.7 Å². The number of rotatable bonds is 3. The number of benzene rings is 1. The summed E-state index contributed by atoms with van der Waals surface area (Å²) in [6.45, 7) is 8.44. The Morgan fingerprint density at radius 3 is 2.44 bits per heavy atom. The molecule has 2 aromatic rings. The van der Waals surface area contributed by atoms with Crippen molar-refractivity contribution in [2.45, 2.75) is 57.7 Å². The summed E-state index contributed by atoms with van der Waals surface area (Å²) in [4.78, 5) is 12.6. The fourth-order valence-electron chi connectivity index (χ4n) is 3.90. The van der Waals surface area contributed by atoms with Crippen LogP contribution >= 0.6 is 23.2 Å². The van der Waals surface area contributed by atoms with E-state index in [4.69, 9.17) is 27.7 Å². The van der Waals surface area contributed by atoms with Gasteiger partial charge in [0.25, 0.3) is 5.91 Å². The zero-order chi connectivity index (χ0) is 20.0. The van der Waals surface area contributed by atoms with Crippen LogP contribution in [0.5, 0.6) is 0 Å². The number of amides is 1. The third-order valence-electron chi connectivity index (χ3n) is 4.54. The number of piperidine rings is 1. The van der Waals surface area contributed by atoms with Crippen LogP contribution in [0.3, 0.4) is 0 Å². The highest BCUT2D eigenvalue weighted by molar-refractivity contribution is 6.36. The molecule has 1 aromatic heterocycles. The topological polar surface area (TPSA) is 67.2 Å². The van der Waals surface area contributed by atoms with Gasteiger partial charge in [-0.15, -0.1) is 0 Å². The molecule has 0 unspecified atom stereocenters. The molecule has 27 heavy (non-hydrogen) atoms. The van der Waals surface area contributed by atoms with Crippen LogP contribution < -0.4 is 10.6 Å². The zero-order valence-electron chi connectivity index (χ0n) is 15.6. The van der Waals surface area contributed by atoms with E-state index in [1.165, 1.54) is 12.1 Å². The second-order valence-electron chi connectivity index (χ2n) is 8.29. The summed E-state index contributed by atoms with van der Waals surface area (Å²) in [6.07, 6.45) is 1.59. The summed E-state index contributed by atoms with van der Waals surface area (Å²) in [5, 5.41) is 10.5. The second kappa shape index (κ2) is 7.08. The molecule has 0 saturated carbocycles. The largest absolute Gasteiger partial charge is 0.355 e. The van der Waals surface area contributed by atoms with Gasteiger partial charge < -0.3 is 15.2 Å². The summed E-state index contributed by atoms with van der Waals surface area (Å²) in [6, 6.07) is 3.89. The number of halogens is 3. The molecule has 1 aliphatic rings. The minimum atomic E-state index is -0.627. The van der Waals surface area contributed by atoms with Crippen LogP contribution in [0.4, 0.5) is 4.39 Å². The molecular weight excluding hydrogens is 392 g/mol. The lowest BCUT2D eigenvalue weighted by molar-refractivity contribution is 0.0864. The summed E-state index contributed by atoms with van der Waals surface area (Å²) in [5.74, 6) is -0.765. The first-order chi connectivity index (χ1) is 12.5. The number of nitrogens with one attached hydrogen (secondary N) is 2. The summed E-state index contributed by atoms with van der Waals surface area (Å²) in [5.41, 5.74) is 0.214. The molecule has 146 valence electrons. The molecule has 1 aromatic carbocycles. The Balaban J connectivity index is 1.77. The van der Waals surface area contributed by atoms with Crippen molar-refractivity contribution < 1.29 is 13.7 Å². The van der Waals surface area contributed by atoms with E-state index in [0.29, 0.717) is 0 Å². The van der Waals surface area contributed by atoms with Crippen molar-refractivity contribution in [3.05, 3.63) is 39.8 Å². The van der Waals surface area contributed by atoms with E-state index >= 15 is 0 Å². The maximum atomic E-state index is 13.7. The van der Waals surface area contributed by atoms with Crippen LogP contribution in [0.2, 0.25) is 10.0 Å². The second-order valence-corrected chi connectivity index (χ2v) is 9.11. The maximum absolute atomic E-state index is 13.7. The summed E-state index contributed by atoms with van der Waals surface area (Å²) in [7, 11) is 0. The molecule has 8 heteroatoms. The van der Waals surface area contributed by atoms with E-state index in [1.807, 2.05) is 0 Å². The monoisotopic (exact) mass is 413 g/mol. The van der Waals surface area contributed by atoms with E-state index < -0.39 is 5.82 Å². The van der Waals surface area contributed by atoms with E-state index in [1.54, 1.807) is 0 Å². The van der Waals surface area contributed by atoms with Crippen molar-refractivity contribution in [3.63, 3.8) is 0 Å². The number of hydrogen-bond acceptors (Lipinski definition) is 4. The predicted octanol–water partition coefficient (Wildman–Crippen LogP) is 4.83. The Hall–Kier alpha value is -1.63. The van der Waals surface area contributed by atoms with E-state index in [2.05, 4.69) is 43.5 Å². The molecule has 0 radical (unpaired) electrons. The van der Waals surface area contributed by atoms with Crippen molar-refractivity contribution in [2.75, 3.05) is 0 Å². The predicted molar refractivity (Wildman–Crippen MR) is 104 cm³/mol. The molecule has 1 fully saturated rings. The molecule has 1 aliphatic heterocycles. The van der Waals surface area contributed by atoms with Crippen molar-refractivity contribution in [2.24, 2.45) is 0 Å². The molecule has 2 N–H and O–H groups in total. The normalized spacial score (nSPS) is 19.1. The Kier molecular flexibility index (Phi) is 5.27. The molecule has 3 rings (SSSR count). The van der Waals surface area contributed by atoms with Crippen LogP contribution in [0.15, 0.2) is 22.7 Å². The van der Waals surface area contributed by atoms with Crippen LogP contribution in [-0.2, 0) is 0 Å². The van der Waals surface area contributed by atoms with Gasteiger partial charge in [-0.3, -0.25) is 4.79 Å². The fraction of sp³-hybridized carbons (Fsp3) is 0.474. The van der Waals surface area contributed by atoms with Crippen molar-refractivity contribution in [1.29, 1.82) is 0 Å². The Morgan fingerprint density at radius 1 is 1.19 bits per heavy atom. The van der Waals surface area contributed by atoms with Crippen molar-refractivity contribution >= 4 is 29.1 Å². The highest BCUT2D eigenvalue weighted by Gasteiger charge is 2.38. The Bertz CT molecular complexity index is 864. The van der Waals surface area contributed by atoms with Crippen molar-refractivity contribution in [3.8, 4) is 11.3 Å². The van der Waals surface area contributed by atoms with E-state index in [9.17, 15) is 9.18 Å². The van der Waals surface area contributed by atoms with Crippen LogP contribution in [0.25, 0.3) is 11.3 Å². The number of nitrogens with zero attached hydrogens (tertiary/aromatic N) is 1. The SMILES string of the molecule is CC1(C)CC(NC(=O)c2cc(-c3cc(F)c(Cl)cc3Cl)on2)CC(C)(C)N1. The zero-order valence-corrected chi connectivity index (χ0v) is 17.1. The lowest BCUT2D eigenvalue weighted by atomic mass is 9.79. The van der Waals surface area contributed by atoms with Crippen molar-refractivity contribution in [1.82, 2.24) is 15.8 Å². The maximum Gasteiger partial charge on any atom is 0.273 e.